The van der Waals surface area contributed by atoms with Crippen molar-refractivity contribution in [1.29, 1.82) is 0 Å². The number of para-hydroxylation sites is 1. The second-order valence-corrected chi connectivity index (χ2v) is 7.12. The van der Waals surface area contributed by atoms with Gasteiger partial charge in [-0.25, -0.2) is 4.98 Å². The monoisotopic (exact) mass is 415 g/mol. The van der Waals surface area contributed by atoms with E-state index in [2.05, 4.69) is 15.6 Å². The summed E-state index contributed by atoms with van der Waals surface area (Å²) >= 11 is 0. The highest BCUT2D eigenvalue weighted by Gasteiger charge is 2.30. The van der Waals surface area contributed by atoms with Crippen molar-refractivity contribution in [2.45, 2.75) is 25.1 Å². The lowest BCUT2D eigenvalue weighted by Crippen LogP contribution is -2.32. The van der Waals surface area contributed by atoms with Crippen molar-refractivity contribution < 1.29 is 22.7 Å². The van der Waals surface area contributed by atoms with E-state index in [1.807, 2.05) is 0 Å². The molecule has 2 aromatic carbocycles. The van der Waals surface area contributed by atoms with Crippen LogP contribution in [0, 0.1) is 0 Å². The van der Waals surface area contributed by atoms with Crippen LogP contribution in [0.2, 0.25) is 0 Å². The van der Waals surface area contributed by atoms with E-state index in [0.29, 0.717) is 29.6 Å². The lowest BCUT2D eigenvalue weighted by Gasteiger charge is -2.14. The minimum absolute atomic E-state index is 0.00440. The summed E-state index contributed by atoms with van der Waals surface area (Å²) in [5.41, 5.74) is 0.436. The average molecular weight is 415 g/mol. The molecule has 2 heterocycles. The number of rotatable bonds is 5. The quantitative estimate of drug-likeness (QED) is 0.622. The maximum atomic E-state index is 13.0. The molecule has 1 fully saturated rings. The zero-order chi connectivity index (χ0) is 21.1. The van der Waals surface area contributed by atoms with Gasteiger partial charge in [-0.2, -0.15) is 13.2 Å². The van der Waals surface area contributed by atoms with Gasteiger partial charge in [-0.15, -0.1) is 0 Å². The highest BCUT2D eigenvalue weighted by molar-refractivity contribution is 6.07. The molecule has 5 nitrogen and oxygen atoms in total. The van der Waals surface area contributed by atoms with Crippen molar-refractivity contribution >= 4 is 28.3 Å². The predicted molar refractivity (Wildman–Crippen MR) is 108 cm³/mol. The fraction of sp³-hybridized carbons (Fsp3) is 0.273. The number of amides is 1. The number of nitrogens with one attached hydrogen (secondary N) is 2. The molecule has 156 valence electrons. The number of hydrogen-bond donors (Lipinski definition) is 2. The number of ether oxygens (including phenoxy) is 1. The number of nitrogens with zero attached hydrogens (tertiary/aromatic N) is 1. The third-order valence-corrected chi connectivity index (χ3v) is 4.94. The first-order chi connectivity index (χ1) is 14.4. The van der Waals surface area contributed by atoms with Crippen molar-refractivity contribution in [3.05, 3.63) is 65.7 Å². The first-order valence-corrected chi connectivity index (χ1v) is 9.64. The van der Waals surface area contributed by atoms with Gasteiger partial charge in [-0.1, -0.05) is 24.3 Å². The van der Waals surface area contributed by atoms with Gasteiger partial charge in [0.15, 0.2) is 0 Å². The first kappa shape index (κ1) is 20.2. The molecule has 1 atom stereocenters. The summed E-state index contributed by atoms with van der Waals surface area (Å²) in [6.07, 6.45) is -2.56. The average Bonchev–Trinajstić information content (AvgIpc) is 3.25. The molecule has 1 unspecified atom stereocenters. The van der Waals surface area contributed by atoms with Crippen molar-refractivity contribution in [3.63, 3.8) is 0 Å². The van der Waals surface area contributed by atoms with E-state index in [1.165, 1.54) is 12.1 Å². The van der Waals surface area contributed by atoms with Crippen LogP contribution in [0.15, 0.2) is 54.6 Å². The van der Waals surface area contributed by atoms with Gasteiger partial charge in [-0.3, -0.25) is 4.79 Å². The van der Waals surface area contributed by atoms with Crippen LogP contribution in [0.4, 0.5) is 24.7 Å². The number of alkyl halides is 3. The third kappa shape index (κ3) is 4.54. The molecule has 2 N–H and O–H groups in total. The van der Waals surface area contributed by atoms with Gasteiger partial charge in [0.2, 0.25) is 0 Å². The summed E-state index contributed by atoms with van der Waals surface area (Å²) in [6.45, 7) is 1.11. The van der Waals surface area contributed by atoms with Crippen LogP contribution in [0.1, 0.15) is 28.8 Å². The molecular formula is C22H20F3N3O2. The molecule has 0 bridgehead atoms. The summed E-state index contributed by atoms with van der Waals surface area (Å²) < 4.78 is 44.5. The van der Waals surface area contributed by atoms with Crippen molar-refractivity contribution in [2.24, 2.45) is 0 Å². The fourth-order valence-electron chi connectivity index (χ4n) is 3.46. The second-order valence-electron chi connectivity index (χ2n) is 7.12. The summed E-state index contributed by atoms with van der Waals surface area (Å²) in [7, 11) is 0. The number of carbonyl (C=O) groups excluding carboxylic acids is 1. The highest BCUT2D eigenvalue weighted by Crippen LogP contribution is 2.31. The largest absolute Gasteiger partial charge is 0.416 e. The lowest BCUT2D eigenvalue weighted by atomic mass is 10.1. The highest BCUT2D eigenvalue weighted by atomic mass is 19.4. The number of aromatic nitrogens is 1. The van der Waals surface area contributed by atoms with Gasteiger partial charge < -0.3 is 15.4 Å². The van der Waals surface area contributed by atoms with E-state index in [4.69, 9.17) is 4.74 Å². The van der Waals surface area contributed by atoms with Crippen LogP contribution in [-0.2, 0) is 10.9 Å². The molecule has 0 aliphatic carbocycles. The molecule has 1 aliphatic heterocycles. The van der Waals surface area contributed by atoms with E-state index in [0.717, 1.165) is 25.0 Å². The van der Waals surface area contributed by atoms with E-state index < -0.39 is 11.7 Å². The number of halogens is 3. The zero-order valence-electron chi connectivity index (χ0n) is 16.0. The Bertz CT molecular complexity index is 1060. The Morgan fingerprint density at radius 2 is 1.97 bits per heavy atom. The summed E-state index contributed by atoms with van der Waals surface area (Å²) in [6, 6.07) is 13.5. The Kier molecular flexibility index (Phi) is 5.59. The topological polar surface area (TPSA) is 63.2 Å². The normalized spacial score (nSPS) is 16.6. The molecule has 1 saturated heterocycles. The molecule has 30 heavy (non-hydrogen) atoms. The third-order valence-electron chi connectivity index (χ3n) is 4.94. The van der Waals surface area contributed by atoms with Crippen molar-refractivity contribution in [3.8, 4) is 0 Å². The van der Waals surface area contributed by atoms with E-state index in [9.17, 15) is 18.0 Å². The van der Waals surface area contributed by atoms with Gasteiger partial charge in [-0.05, 0) is 43.2 Å². The Morgan fingerprint density at radius 1 is 1.13 bits per heavy atom. The van der Waals surface area contributed by atoms with Crippen LogP contribution < -0.4 is 10.6 Å². The number of hydrogen-bond acceptors (Lipinski definition) is 4. The van der Waals surface area contributed by atoms with Gasteiger partial charge in [0.05, 0.1) is 22.7 Å². The smallest absolute Gasteiger partial charge is 0.376 e. The minimum atomic E-state index is -4.44. The molecule has 1 aliphatic rings. The van der Waals surface area contributed by atoms with Crippen molar-refractivity contribution in [1.82, 2.24) is 10.3 Å². The van der Waals surface area contributed by atoms with E-state index in [1.54, 1.807) is 30.3 Å². The zero-order valence-corrected chi connectivity index (χ0v) is 16.0. The number of fused-ring (bicyclic) bond motifs is 1. The molecule has 0 spiro atoms. The SMILES string of the molecule is O=C(NCC1CCCO1)c1cc(Nc2cccc(C(F)(F)F)c2)nc2ccccc12. The second kappa shape index (κ2) is 8.31. The molecule has 3 aromatic rings. The number of carbonyl (C=O) groups is 1. The minimum Gasteiger partial charge on any atom is -0.376 e. The van der Waals surface area contributed by atoms with Gasteiger partial charge in [0.25, 0.3) is 5.91 Å². The molecule has 0 saturated carbocycles. The molecule has 4 rings (SSSR count). The van der Waals surface area contributed by atoms with E-state index in [-0.39, 0.29) is 23.5 Å². The first-order valence-electron chi connectivity index (χ1n) is 9.64. The molecular weight excluding hydrogens is 395 g/mol. The molecule has 1 amide bonds. The maximum absolute atomic E-state index is 13.0. The van der Waals surface area contributed by atoms with Crippen LogP contribution in [0.25, 0.3) is 10.9 Å². The number of anilines is 2. The Balaban J connectivity index is 1.62. The molecule has 0 radical (unpaired) electrons. The lowest BCUT2D eigenvalue weighted by molar-refractivity contribution is -0.137. The van der Waals surface area contributed by atoms with E-state index >= 15 is 0 Å². The van der Waals surface area contributed by atoms with Crippen LogP contribution in [0.5, 0.6) is 0 Å². The Labute approximate surface area is 171 Å². The van der Waals surface area contributed by atoms with Crippen LogP contribution in [-0.4, -0.2) is 30.1 Å². The fourth-order valence-corrected chi connectivity index (χ4v) is 3.46. The standard InChI is InChI=1S/C22H20F3N3O2/c23-22(24,25)14-5-3-6-15(11-14)27-20-12-18(17-8-1-2-9-19(17)28-20)21(29)26-13-16-7-4-10-30-16/h1-3,5-6,8-9,11-12,16H,4,7,10,13H2,(H,26,29)(H,27,28). The Morgan fingerprint density at radius 3 is 2.73 bits per heavy atom. The van der Waals surface area contributed by atoms with Gasteiger partial charge in [0.1, 0.15) is 5.82 Å². The predicted octanol–water partition coefficient (Wildman–Crippen LogP) is 4.91. The Hall–Kier alpha value is -3.13. The van der Waals surface area contributed by atoms with Crippen LogP contribution >= 0.6 is 0 Å². The van der Waals surface area contributed by atoms with Gasteiger partial charge >= 0.3 is 6.18 Å². The molecule has 8 heteroatoms. The molecule has 1 aromatic heterocycles. The van der Waals surface area contributed by atoms with Gasteiger partial charge in [0, 0.05) is 24.2 Å². The summed E-state index contributed by atoms with van der Waals surface area (Å²) in [5.74, 6) is 0.00600. The number of benzene rings is 2. The van der Waals surface area contributed by atoms with Crippen molar-refractivity contribution in [2.75, 3.05) is 18.5 Å². The van der Waals surface area contributed by atoms with Crippen LogP contribution in [0.3, 0.4) is 0 Å². The summed E-state index contributed by atoms with van der Waals surface area (Å²) in [4.78, 5) is 17.3. The summed E-state index contributed by atoms with van der Waals surface area (Å²) in [5, 5.41) is 6.43. The number of pyridine rings is 1. The maximum Gasteiger partial charge on any atom is 0.416 e.